The van der Waals surface area contributed by atoms with Crippen LogP contribution in [0.2, 0.25) is 0 Å². The molecule has 1 aliphatic rings. The Hall–Kier alpha value is -0.910. The van der Waals surface area contributed by atoms with Crippen LogP contribution in [-0.2, 0) is 22.8 Å². The third kappa shape index (κ3) is 3.81. The number of hydrogen-bond acceptors (Lipinski definition) is 4. The molecule has 0 radical (unpaired) electrons. The van der Waals surface area contributed by atoms with Crippen molar-refractivity contribution in [1.82, 2.24) is 4.90 Å². The number of sulfone groups is 1. The zero-order valence-electron chi connectivity index (χ0n) is 12.1. The molecule has 1 aliphatic heterocycles. The highest BCUT2D eigenvalue weighted by molar-refractivity contribution is 7.91. The van der Waals surface area contributed by atoms with Crippen LogP contribution in [-0.4, -0.2) is 44.0 Å². The Balaban J connectivity index is 2.04. The lowest BCUT2D eigenvalue weighted by atomic mass is 9.94. The molecule has 1 aromatic carbocycles. The van der Waals surface area contributed by atoms with E-state index in [9.17, 15) is 8.42 Å². The molecular weight excluding hydrogens is 272 g/mol. The first-order valence-corrected chi connectivity index (χ1v) is 9.09. The van der Waals surface area contributed by atoms with Gasteiger partial charge in [0.05, 0.1) is 5.75 Å². The van der Waals surface area contributed by atoms with Gasteiger partial charge in [0.15, 0.2) is 9.84 Å². The fraction of sp³-hybridized carbons (Fsp3) is 0.600. The fourth-order valence-electron chi connectivity index (χ4n) is 2.81. The fourth-order valence-corrected chi connectivity index (χ4v) is 4.14. The summed E-state index contributed by atoms with van der Waals surface area (Å²) in [5, 5.41) is 0. The Morgan fingerprint density at radius 2 is 1.95 bits per heavy atom. The van der Waals surface area contributed by atoms with Gasteiger partial charge in [0.1, 0.15) is 0 Å². The van der Waals surface area contributed by atoms with Crippen molar-refractivity contribution in [2.75, 3.05) is 24.6 Å². The normalized spacial score (nSPS) is 19.8. The maximum absolute atomic E-state index is 11.9. The molecule has 5 heteroatoms. The second-order valence-corrected chi connectivity index (χ2v) is 7.79. The first-order chi connectivity index (χ1) is 9.55. The zero-order valence-corrected chi connectivity index (χ0v) is 12.9. The highest BCUT2D eigenvalue weighted by Gasteiger charge is 2.25. The van der Waals surface area contributed by atoms with Gasteiger partial charge in [-0.3, -0.25) is 4.90 Å². The Labute approximate surface area is 121 Å². The Kier molecular flexibility index (Phi) is 5.18. The summed E-state index contributed by atoms with van der Waals surface area (Å²) in [6, 6.07) is 8.60. The molecule has 1 atom stereocenters. The molecule has 0 aromatic heterocycles. The Morgan fingerprint density at radius 1 is 1.25 bits per heavy atom. The second-order valence-electron chi connectivity index (χ2n) is 5.48. The van der Waals surface area contributed by atoms with Gasteiger partial charge in [0.25, 0.3) is 0 Å². The van der Waals surface area contributed by atoms with Crippen molar-refractivity contribution in [3.63, 3.8) is 0 Å². The summed E-state index contributed by atoms with van der Waals surface area (Å²) >= 11 is 0. The van der Waals surface area contributed by atoms with E-state index in [0.717, 1.165) is 13.0 Å². The van der Waals surface area contributed by atoms with Gasteiger partial charge in [-0.25, -0.2) is 8.42 Å². The van der Waals surface area contributed by atoms with Crippen molar-refractivity contribution in [1.29, 1.82) is 0 Å². The van der Waals surface area contributed by atoms with Gasteiger partial charge in [-0.2, -0.15) is 0 Å². The van der Waals surface area contributed by atoms with Crippen LogP contribution in [0.15, 0.2) is 24.3 Å². The lowest BCUT2D eigenvalue weighted by Gasteiger charge is -2.36. The third-order valence-corrected chi connectivity index (χ3v) is 5.78. The zero-order chi connectivity index (χ0) is 14.6. The number of nitrogens with zero attached hydrogens (tertiary/aromatic N) is 1. The minimum atomic E-state index is -2.92. The van der Waals surface area contributed by atoms with E-state index in [1.807, 2.05) is 19.1 Å². The molecule has 2 N–H and O–H groups in total. The van der Waals surface area contributed by atoms with E-state index in [2.05, 4.69) is 17.0 Å². The smallest absolute Gasteiger partial charge is 0.151 e. The molecule has 0 bridgehead atoms. The van der Waals surface area contributed by atoms with E-state index in [-0.39, 0.29) is 17.5 Å². The third-order valence-electron chi connectivity index (χ3n) is 3.94. The van der Waals surface area contributed by atoms with Crippen LogP contribution in [0.5, 0.6) is 0 Å². The van der Waals surface area contributed by atoms with Gasteiger partial charge in [-0.15, -0.1) is 0 Å². The highest BCUT2D eigenvalue weighted by atomic mass is 32.2. The number of rotatable bonds is 6. The van der Waals surface area contributed by atoms with E-state index >= 15 is 0 Å². The van der Waals surface area contributed by atoms with Gasteiger partial charge in [-0.05, 0) is 24.0 Å². The van der Waals surface area contributed by atoms with Crippen LogP contribution < -0.4 is 5.73 Å². The van der Waals surface area contributed by atoms with Gasteiger partial charge < -0.3 is 5.73 Å². The summed E-state index contributed by atoms with van der Waals surface area (Å²) in [4.78, 5) is 2.22. The highest BCUT2D eigenvalue weighted by Crippen LogP contribution is 2.22. The molecule has 1 aromatic rings. The maximum atomic E-state index is 11.9. The first-order valence-electron chi connectivity index (χ1n) is 7.27. The molecule has 0 aliphatic carbocycles. The first kappa shape index (κ1) is 15.5. The predicted octanol–water partition coefficient (Wildman–Crippen LogP) is 1.20. The van der Waals surface area contributed by atoms with Crippen LogP contribution >= 0.6 is 0 Å². The summed E-state index contributed by atoms with van der Waals surface area (Å²) < 4.78 is 23.7. The number of benzene rings is 1. The lowest BCUT2D eigenvalue weighted by molar-refractivity contribution is 0.186. The van der Waals surface area contributed by atoms with Crippen molar-refractivity contribution >= 4 is 9.84 Å². The van der Waals surface area contributed by atoms with E-state index in [0.29, 0.717) is 19.5 Å². The van der Waals surface area contributed by atoms with Crippen molar-refractivity contribution < 1.29 is 8.42 Å². The summed E-state index contributed by atoms with van der Waals surface area (Å²) in [5.74, 6) is 0.518. The molecular formula is C15H24N2O2S. The van der Waals surface area contributed by atoms with E-state index in [1.165, 1.54) is 11.1 Å². The molecule has 2 rings (SSSR count). The monoisotopic (exact) mass is 296 g/mol. The van der Waals surface area contributed by atoms with Crippen molar-refractivity contribution in [2.45, 2.75) is 32.4 Å². The predicted molar refractivity (Wildman–Crippen MR) is 82.3 cm³/mol. The van der Waals surface area contributed by atoms with Crippen LogP contribution in [0.3, 0.4) is 0 Å². The Morgan fingerprint density at radius 3 is 2.60 bits per heavy atom. The van der Waals surface area contributed by atoms with Crippen molar-refractivity contribution in [3.8, 4) is 0 Å². The summed E-state index contributed by atoms with van der Waals surface area (Å²) in [5.41, 5.74) is 8.50. The van der Waals surface area contributed by atoms with Gasteiger partial charge in [0.2, 0.25) is 0 Å². The molecule has 1 unspecified atom stereocenters. The number of nitrogens with two attached hydrogens (primary N) is 1. The molecule has 0 fully saturated rings. The number of fused-ring (bicyclic) bond motifs is 1. The van der Waals surface area contributed by atoms with Gasteiger partial charge in [0, 0.05) is 31.4 Å². The average Bonchev–Trinajstić information content (AvgIpc) is 2.44. The Bertz CT molecular complexity index is 543. The molecule has 0 saturated carbocycles. The second kappa shape index (κ2) is 6.70. The number of hydrogen-bond donors (Lipinski definition) is 1. The van der Waals surface area contributed by atoms with Crippen molar-refractivity contribution in [2.24, 2.45) is 5.73 Å². The molecule has 0 saturated heterocycles. The van der Waals surface area contributed by atoms with Crippen LogP contribution in [0.1, 0.15) is 24.5 Å². The summed E-state index contributed by atoms with van der Waals surface area (Å²) in [6.07, 6.45) is 1.60. The maximum Gasteiger partial charge on any atom is 0.151 e. The minimum absolute atomic E-state index is 0.236. The average molecular weight is 296 g/mol. The van der Waals surface area contributed by atoms with E-state index in [4.69, 9.17) is 5.73 Å². The lowest BCUT2D eigenvalue weighted by Crippen LogP contribution is -2.46. The van der Waals surface area contributed by atoms with Crippen LogP contribution in [0.25, 0.3) is 0 Å². The van der Waals surface area contributed by atoms with E-state index < -0.39 is 9.84 Å². The summed E-state index contributed by atoms with van der Waals surface area (Å²) in [7, 11) is -2.92. The topological polar surface area (TPSA) is 63.4 Å². The molecule has 4 nitrogen and oxygen atoms in total. The van der Waals surface area contributed by atoms with Crippen LogP contribution in [0, 0.1) is 0 Å². The minimum Gasteiger partial charge on any atom is -0.329 e. The SMILES string of the molecule is CCCS(=O)(=O)CCN1Cc2ccccc2CC1CN. The quantitative estimate of drug-likeness (QED) is 0.856. The van der Waals surface area contributed by atoms with Gasteiger partial charge in [-0.1, -0.05) is 31.2 Å². The van der Waals surface area contributed by atoms with Crippen LogP contribution in [0.4, 0.5) is 0 Å². The standard InChI is InChI=1S/C15H24N2O2S/c1-2-8-20(18,19)9-7-17-12-14-6-4-3-5-13(14)10-15(17)11-16/h3-6,15H,2,7-12,16H2,1H3. The largest absolute Gasteiger partial charge is 0.329 e. The van der Waals surface area contributed by atoms with Crippen molar-refractivity contribution in [3.05, 3.63) is 35.4 Å². The van der Waals surface area contributed by atoms with Gasteiger partial charge >= 0.3 is 0 Å². The molecule has 1 heterocycles. The molecule has 0 spiro atoms. The molecule has 112 valence electrons. The molecule has 20 heavy (non-hydrogen) atoms. The molecule has 0 amide bonds. The van der Waals surface area contributed by atoms with E-state index in [1.54, 1.807) is 0 Å². The summed E-state index contributed by atoms with van der Waals surface area (Å²) in [6.45, 7) is 3.86.